The predicted molar refractivity (Wildman–Crippen MR) is 138 cm³/mol. The molecule has 194 valence electrons. The summed E-state index contributed by atoms with van der Waals surface area (Å²) >= 11 is 0. The van der Waals surface area contributed by atoms with Crippen molar-refractivity contribution in [2.45, 2.75) is 71.4 Å². The highest BCUT2D eigenvalue weighted by Crippen LogP contribution is 2.21. The molecule has 36 heavy (non-hydrogen) atoms. The fraction of sp³-hybridized carbons (Fsp3) is 0.556. The molecule has 1 N–H and O–H groups in total. The predicted octanol–water partition coefficient (Wildman–Crippen LogP) is 4.15. The van der Waals surface area contributed by atoms with E-state index in [4.69, 9.17) is 9.15 Å². The van der Waals surface area contributed by atoms with Gasteiger partial charge in [-0.2, -0.15) is 0 Å². The number of carbonyl (C=O) groups is 1. The van der Waals surface area contributed by atoms with Gasteiger partial charge in [0.05, 0.1) is 12.3 Å². The van der Waals surface area contributed by atoms with Gasteiger partial charge in [0.2, 0.25) is 0 Å². The first-order chi connectivity index (χ1) is 17.6. The quantitative estimate of drug-likeness (QED) is 0.265. The molecule has 0 radical (unpaired) electrons. The zero-order valence-corrected chi connectivity index (χ0v) is 21.2. The molecular formula is C27H37N5O4. The minimum absolute atomic E-state index is 0.0260. The Labute approximate surface area is 211 Å². The molecule has 0 atom stereocenters. The molecule has 1 saturated heterocycles. The number of ether oxygens (including phenoxy) is 1. The van der Waals surface area contributed by atoms with Gasteiger partial charge in [0.15, 0.2) is 0 Å². The molecule has 1 fully saturated rings. The van der Waals surface area contributed by atoms with Gasteiger partial charge in [0.25, 0.3) is 5.91 Å². The first-order valence-electron chi connectivity index (χ1n) is 13.2. The molecule has 9 nitrogen and oxygen atoms in total. The number of carbonyl (C=O) groups excluding carboxylic acids is 1. The summed E-state index contributed by atoms with van der Waals surface area (Å²) in [7, 11) is 0. The number of nitrogens with zero attached hydrogens (tertiary/aromatic N) is 4. The Morgan fingerprint density at radius 2 is 1.94 bits per heavy atom. The third-order valence-corrected chi connectivity index (χ3v) is 6.49. The van der Waals surface area contributed by atoms with Crippen LogP contribution in [0.3, 0.4) is 0 Å². The van der Waals surface area contributed by atoms with Crippen LogP contribution in [0, 0.1) is 0 Å². The highest BCUT2D eigenvalue weighted by Gasteiger charge is 2.15. The largest absolute Gasteiger partial charge is 0.493 e. The minimum Gasteiger partial charge on any atom is -0.493 e. The van der Waals surface area contributed by atoms with Gasteiger partial charge in [-0.05, 0) is 63.4 Å². The first-order valence-corrected chi connectivity index (χ1v) is 13.2. The number of rotatable bonds is 14. The van der Waals surface area contributed by atoms with Crippen molar-refractivity contribution in [2.24, 2.45) is 0 Å². The summed E-state index contributed by atoms with van der Waals surface area (Å²) in [4.78, 5) is 27.3. The number of benzene rings is 1. The zero-order valence-electron chi connectivity index (χ0n) is 21.2. The normalized spacial score (nSPS) is 13.9. The monoisotopic (exact) mass is 495 g/mol. The molecule has 0 unspecified atom stereocenters. The summed E-state index contributed by atoms with van der Waals surface area (Å²) in [6.07, 6.45) is 10.5. The summed E-state index contributed by atoms with van der Waals surface area (Å²) in [6, 6.07) is 6.92. The Kier molecular flexibility index (Phi) is 9.49. The molecule has 3 aromatic rings. The van der Waals surface area contributed by atoms with Crippen molar-refractivity contribution in [2.75, 3.05) is 26.2 Å². The van der Waals surface area contributed by atoms with E-state index in [0.717, 1.165) is 70.4 Å². The van der Waals surface area contributed by atoms with Crippen LogP contribution in [0.5, 0.6) is 5.75 Å². The van der Waals surface area contributed by atoms with Crippen molar-refractivity contribution in [3.63, 3.8) is 0 Å². The number of hydrogen-bond acceptors (Lipinski definition) is 7. The van der Waals surface area contributed by atoms with Gasteiger partial charge in [0, 0.05) is 37.3 Å². The topological polar surface area (TPSA) is 102 Å². The van der Waals surface area contributed by atoms with Crippen LogP contribution < -0.4 is 15.7 Å². The zero-order chi connectivity index (χ0) is 25.2. The summed E-state index contributed by atoms with van der Waals surface area (Å²) in [5.41, 5.74) is 0.848. The number of amides is 1. The third kappa shape index (κ3) is 7.40. The molecule has 1 aliphatic heterocycles. The lowest BCUT2D eigenvalue weighted by atomic mass is 10.1. The number of likely N-dealkylation sites (tertiary alicyclic amines) is 1. The maximum Gasteiger partial charge on any atom is 0.349 e. The maximum absolute atomic E-state index is 12.5. The van der Waals surface area contributed by atoms with Crippen LogP contribution in [0.2, 0.25) is 0 Å². The van der Waals surface area contributed by atoms with Gasteiger partial charge in [0.1, 0.15) is 16.9 Å². The smallest absolute Gasteiger partial charge is 0.349 e. The molecule has 3 heterocycles. The van der Waals surface area contributed by atoms with Crippen LogP contribution in [0.1, 0.15) is 74.3 Å². The summed E-state index contributed by atoms with van der Waals surface area (Å²) < 4.78 is 13.0. The van der Waals surface area contributed by atoms with E-state index in [1.54, 1.807) is 18.2 Å². The van der Waals surface area contributed by atoms with E-state index < -0.39 is 11.5 Å². The number of aromatic nitrogens is 3. The van der Waals surface area contributed by atoms with E-state index in [9.17, 15) is 9.59 Å². The van der Waals surface area contributed by atoms with E-state index in [-0.39, 0.29) is 5.56 Å². The maximum atomic E-state index is 12.5. The molecule has 0 bridgehead atoms. The molecule has 0 spiro atoms. The van der Waals surface area contributed by atoms with Gasteiger partial charge >= 0.3 is 5.63 Å². The lowest BCUT2D eigenvalue weighted by molar-refractivity contribution is 0.0949. The minimum atomic E-state index is -0.636. The Morgan fingerprint density at radius 3 is 2.78 bits per heavy atom. The number of unbranched alkanes of at least 4 members (excludes halogenated alkanes) is 4. The van der Waals surface area contributed by atoms with Crippen molar-refractivity contribution >= 4 is 16.9 Å². The third-order valence-electron chi connectivity index (χ3n) is 6.49. The number of aryl methyl sites for hydroxylation is 1. The van der Waals surface area contributed by atoms with E-state index in [1.807, 2.05) is 16.9 Å². The first kappa shape index (κ1) is 25.9. The molecule has 1 amide bonds. The Morgan fingerprint density at radius 1 is 1.11 bits per heavy atom. The van der Waals surface area contributed by atoms with Crippen molar-refractivity contribution < 1.29 is 13.9 Å². The highest BCUT2D eigenvalue weighted by atomic mass is 16.5. The van der Waals surface area contributed by atoms with Crippen LogP contribution >= 0.6 is 0 Å². The lowest BCUT2D eigenvalue weighted by Gasteiger charge is -2.11. The van der Waals surface area contributed by atoms with Crippen molar-refractivity contribution in [3.05, 3.63) is 52.1 Å². The average molecular weight is 496 g/mol. The second-order valence-electron chi connectivity index (χ2n) is 9.48. The van der Waals surface area contributed by atoms with Crippen LogP contribution in [0.15, 0.2) is 39.7 Å². The van der Waals surface area contributed by atoms with E-state index in [0.29, 0.717) is 29.9 Å². The van der Waals surface area contributed by atoms with Gasteiger partial charge in [-0.1, -0.05) is 31.4 Å². The van der Waals surface area contributed by atoms with Crippen LogP contribution in [-0.2, 0) is 13.1 Å². The number of hydrogen-bond donors (Lipinski definition) is 1. The fourth-order valence-corrected chi connectivity index (χ4v) is 4.41. The van der Waals surface area contributed by atoms with Gasteiger partial charge < -0.3 is 14.5 Å². The van der Waals surface area contributed by atoms with Gasteiger partial charge in [-0.25, -0.2) is 4.79 Å². The Balaban J connectivity index is 1.15. The molecule has 9 heteroatoms. The lowest BCUT2D eigenvalue weighted by Crippen LogP contribution is -2.29. The van der Waals surface area contributed by atoms with E-state index in [2.05, 4.69) is 27.5 Å². The molecule has 0 aliphatic carbocycles. The Bertz CT molecular complexity index is 1180. The summed E-state index contributed by atoms with van der Waals surface area (Å²) in [5, 5.41) is 12.1. The number of nitrogens with one attached hydrogen (secondary N) is 1. The molecule has 4 rings (SSSR count). The van der Waals surface area contributed by atoms with E-state index in [1.165, 1.54) is 12.8 Å². The van der Waals surface area contributed by atoms with Gasteiger partial charge in [-0.3, -0.25) is 14.4 Å². The standard InChI is InChI=1S/C27H37N5O4/c1-2-3-16-35-23-11-10-21-17-24(27(34)36-25(21)18-23)26(33)28-12-6-4-5-7-15-32-20-22(29-30-32)19-31-13-8-9-14-31/h10-11,17-18,20H,2-9,12-16,19H2,1H3,(H,28,33). The van der Waals surface area contributed by atoms with Crippen molar-refractivity contribution in [3.8, 4) is 5.75 Å². The SMILES string of the molecule is CCCCOc1ccc2cc(C(=O)NCCCCCCn3cc(CN4CCCC4)nn3)c(=O)oc2c1. The van der Waals surface area contributed by atoms with Crippen molar-refractivity contribution in [1.82, 2.24) is 25.2 Å². The van der Waals surface area contributed by atoms with Crippen LogP contribution in [0.4, 0.5) is 0 Å². The summed E-state index contributed by atoms with van der Waals surface area (Å²) in [6.45, 7) is 7.29. The highest BCUT2D eigenvalue weighted by molar-refractivity contribution is 5.96. The van der Waals surface area contributed by atoms with Gasteiger partial charge in [-0.15, -0.1) is 5.10 Å². The second-order valence-corrected chi connectivity index (χ2v) is 9.48. The molecule has 0 saturated carbocycles. The van der Waals surface area contributed by atoms with E-state index >= 15 is 0 Å². The fourth-order valence-electron chi connectivity index (χ4n) is 4.41. The molecule has 1 aliphatic rings. The number of fused-ring (bicyclic) bond motifs is 1. The van der Waals surface area contributed by atoms with Crippen LogP contribution in [-0.4, -0.2) is 52.0 Å². The molecule has 2 aromatic heterocycles. The second kappa shape index (κ2) is 13.2. The summed E-state index contributed by atoms with van der Waals surface area (Å²) in [5.74, 6) is 0.254. The Hall–Kier alpha value is -3.20. The average Bonchev–Trinajstić information content (AvgIpc) is 3.55. The van der Waals surface area contributed by atoms with Crippen molar-refractivity contribution in [1.29, 1.82) is 0 Å². The van der Waals surface area contributed by atoms with Crippen LogP contribution in [0.25, 0.3) is 11.0 Å². The molecule has 1 aromatic carbocycles. The molecular weight excluding hydrogens is 458 g/mol.